The van der Waals surface area contributed by atoms with Crippen LogP contribution < -0.4 is 11.1 Å². The minimum atomic E-state index is -0.638. The van der Waals surface area contributed by atoms with E-state index < -0.39 is 11.8 Å². The fraction of sp³-hybridized carbons (Fsp3) is 0.333. The second kappa shape index (κ2) is 7.00. The summed E-state index contributed by atoms with van der Waals surface area (Å²) in [4.78, 5) is 25.0. The third kappa shape index (κ3) is 3.23. The molecule has 1 aliphatic carbocycles. The minimum absolute atomic E-state index is 0.0252. The van der Waals surface area contributed by atoms with E-state index in [4.69, 9.17) is 4.42 Å². The van der Waals surface area contributed by atoms with E-state index in [1.54, 1.807) is 25.1 Å². The quantitative estimate of drug-likeness (QED) is 0.663. The number of carbonyl (C=O) groups is 1. The number of aromatic nitrogens is 1. The van der Waals surface area contributed by atoms with Gasteiger partial charge >= 0.3 is 5.76 Å². The SMILES string of the molecule is CC(C(=O)NCC1(c2cccc(Br)c2)CCC1)n1c(=O)oc2ccccc21. The van der Waals surface area contributed by atoms with Gasteiger partial charge in [0.25, 0.3) is 0 Å². The van der Waals surface area contributed by atoms with Crippen molar-refractivity contribution in [3.63, 3.8) is 0 Å². The highest BCUT2D eigenvalue weighted by atomic mass is 79.9. The molecule has 140 valence electrons. The topological polar surface area (TPSA) is 64.2 Å². The van der Waals surface area contributed by atoms with E-state index in [2.05, 4.69) is 33.4 Å². The van der Waals surface area contributed by atoms with Gasteiger partial charge in [0, 0.05) is 16.4 Å². The summed E-state index contributed by atoms with van der Waals surface area (Å²) in [5.41, 5.74) is 2.34. The highest BCUT2D eigenvalue weighted by molar-refractivity contribution is 9.10. The number of fused-ring (bicyclic) bond motifs is 1. The van der Waals surface area contributed by atoms with Crippen LogP contribution in [-0.4, -0.2) is 17.0 Å². The summed E-state index contributed by atoms with van der Waals surface area (Å²) >= 11 is 3.53. The maximum Gasteiger partial charge on any atom is 0.420 e. The highest BCUT2D eigenvalue weighted by Gasteiger charge is 2.39. The van der Waals surface area contributed by atoms with Crippen LogP contribution in [0.1, 0.15) is 37.8 Å². The summed E-state index contributed by atoms with van der Waals surface area (Å²) in [6, 6.07) is 14.8. The van der Waals surface area contributed by atoms with Crippen molar-refractivity contribution in [3.05, 3.63) is 69.1 Å². The van der Waals surface area contributed by atoms with Gasteiger partial charge in [-0.1, -0.05) is 46.6 Å². The summed E-state index contributed by atoms with van der Waals surface area (Å²) < 4.78 is 7.71. The molecule has 4 rings (SSSR count). The number of rotatable bonds is 5. The van der Waals surface area contributed by atoms with Crippen LogP contribution in [0.3, 0.4) is 0 Å². The smallest absolute Gasteiger partial charge is 0.408 e. The maximum absolute atomic E-state index is 12.8. The minimum Gasteiger partial charge on any atom is -0.408 e. The van der Waals surface area contributed by atoms with Gasteiger partial charge in [0.1, 0.15) is 6.04 Å². The number of carbonyl (C=O) groups excluding carboxylic acids is 1. The molecule has 3 aromatic rings. The molecule has 27 heavy (non-hydrogen) atoms. The first kappa shape index (κ1) is 18.0. The number of nitrogens with one attached hydrogen (secondary N) is 1. The van der Waals surface area contributed by atoms with Crippen molar-refractivity contribution in [1.82, 2.24) is 9.88 Å². The highest BCUT2D eigenvalue weighted by Crippen LogP contribution is 2.43. The lowest BCUT2D eigenvalue weighted by atomic mass is 9.64. The van der Waals surface area contributed by atoms with Gasteiger partial charge in [0.15, 0.2) is 5.58 Å². The van der Waals surface area contributed by atoms with Gasteiger partial charge in [-0.05, 0) is 49.6 Å². The van der Waals surface area contributed by atoms with E-state index in [-0.39, 0.29) is 11.3 Å². The van der Waals surface area contributed by atoms with E-state index >= 15 is 0 Å². The molecule has 2 aromatic carbocycles. The first-order valence-electron chi connectivity index (χ1n) is 9.14. The van der Waals surface area contributed by atoms with Crippen LogP contribution in [0.2, 0.25) is 0 Å². The van der Waals surface area contributed by atoms with Crippen LogP contribution in [-0.2, 0) is 10.2 Å². The molecule has 1 aliphatic rings. The number of nitrogens with zero attached hydrogens (tertiary/aromatic N) is 1. The van der Waals surface area contributed by atoms with E-state index in [0.717, 1.165) is 23.7 Å². The molecule has 0 spiro atoms. The molecule has 6 heteroatoms. The van der Waals surface area contributed by atoms with Crippen LogP contribution in [0.25, 0.3) is 11.1 Å². The van der Waals surface area contributed by atoms with Crippen LogP contribution in [0, 0.1) is 0 Å². The molecule has 1 saturated carbocycles. The van der Waals surface area contributed by atoms with E-state index in [9.17, 15) is 9.59 Å². The predicted octanol–water partition coefficient (Wildman–Crippen LogP) is 4.16. The molecule has 0 radical (unpaired) electrons. The molecule has 1 N–H and O–H groups in total. The van der Waals surface area contributed by atoms with E-state index in [0.29, 0.717) is 17.6 Å². The molecule has 0 saturated heterocycles. The summed E-state index contributed by atoms with van der Waals surface area (Å²) in [5.74, 6) is -0.686. The van der Waals surface area contributed by atoms with Crippen molar-refractivity contribution in [2.75, 3.05) is 6.54 Å². The molecular weight excluding hydrogens is 408 g/mol. The second-order valence-electron chi connectivity index (χ2n) is 7.24. The van der Waals surface area contributed by atoms with Crippen LogP contribution in [0.15, 0.2) is 62.2 Å². The predicted molar refractivity (Wildman–Crippen MR) is 108 cm³/mol. The van der Waals surface area contributed by atoms with Gasteiger partial charge in [-0.25, -0.2) is 4.79 Å². The Morgan fingerprint density at radius 2 is 2.04 bits per heavy atom. The Morgan fingerprint density at radius 3 is 2.74 bits per heavy atom. The second-order valence-corrected chi connectivity index (χ2v) is 8.16. The zero-order valence-electron chi connectivity index (χ0n) is 15.1. The summed E-state index contributed by atoms with van der Waals surface area (Å²) in [6.45, 7) is 2.29. The van der Waals surface area contributed by atoms with Crippen molar-refractivity contribution in [3.8, 4) is 0 Å². The van der Waals surface area contributed by atoms with Gasteiger partial charge in [0.2, 0.25) is 5.91 Å². The molecule has 1 amide bonds. The number of para-hydroxylation sites is 2. The fourth-order valence-corrected chi connectivity index (χ4v) is 4.26. The molecule has 1 aromatic heterocycles. The zero-order valence-corrected chi connectivity index (χ0v) is 16.7. The van der Waals surface area contributed by atoms with Crippen molar-refractivity contribution in [2.45, 2.75) is 37.6 Å². The lowest BCUT2D eigenvalue weighted by molar-refractivity contribution is -0.124. The normalized spacial score (nSPS) is 16.7. The number of hydrogen-bond donors (Lipinski definition) is 1. The van der Waals surface area contributed by atoms with Gasteiger partial charge < -0.3 is 9.73 Å². The maximum atomic E-state index is 12.8. The average Bonchev–Trinajstić information content (AvgIpc) is 2.95. The number of benzene rings is 2. The Kier molecular flexibility index (Phi) is 4.68. The van der Waals surface area contributed by atoms with Gasteiger partial charge in [-0.15, -0.1) is 0 Å². The van der Waals surface area contributed by atoms with E-state index in [1.165, 1.54) is 10.1 Å². The first-order chi connectivity index (χ1) is 13.0. The molecule has 5 nitrogen and oxygen atoms in total. The van der Waals surface area contributed by atoms with Crippen LogP contribution in [0.5, 0.6) is 0 Å². The Hall–Kier alpha value is -2.34. The molecule has 0 bridgehead atoms. The summed E-state index contributed by atoms with van der Waals surface area (Å²) in [5, 5.41) is 3.07. The Labute approximate surface area is 165 Å². The standard InChI is InChI=1S/C21H21BrN2O3/c1-14(24-17-8-2-3-9-18(17)27-20(24)26)19(25)23-13-21(10-5-11-21)15-6-4-7-16(22)12-15/h2-4,6-9,12,14H,5,10-11,13H2,1H3,(H,23,25). The number of hydrogen-bond acceptors (Lipinski definition) is 3. The Morgan fingerprint density at radius 1 is 1.26 bits per heavy atom. The average molecular weight is 429 g/mol. The lowest BCUT2D eigenvalue weighted by Gasteiger charge is -2.43. The first-order valence-corrected chi connectivity index (χ1v) is 9.93. The molecule has 1 fully saturated rings. The lowest BCUT2D eigenvalue weighted by Crippen LogP contribution is -2.47. The zero-order chi connectivity index (χ0) is 19.0. The number of amides is 1. The van der Waals surface area contributed by atoms with Crippen molar-refractivity contribution in [1.29, 1.82) is 0 Å². The van der Waals surface area contributed by atoms with Crippen molar-refractivity contribution >= 4 is 32.9 Å². The monoisotopic (exact) mass is 428 g/mol. The molecule has 1 heterocycles. The Balaban J connectivity index is 1.53. The van der Waals surface area contributed by atoms with Gasteiger partial charge in [-0.2, -0.15) is 0 Å². The fourth-order valence-electron chi connectivity index (χ4n) is 3.86. The van der Waals surface area contributed by atoms with Gasteiger partial charge in [-0.3, -0.25) is 9.36 Å². The third-order valence-electron chi connectivity index (χ3n) is 5.63. The summed E-state index contributed by atoms with van der Waals surface area (Å²) in [7, 11) is 0. The summed E-state index contributed by atoms with van der Waals surface area (Å²) in [6.07, 6.45) is 3.25. The van der Waals surface area contributed by atoms with Crippen LogP contribution >= 0.6 is 15.9 Å². The molecule has 0 aliphatic heterocycles. The van der Waals surface area contributed by atoms with E-state index in [1.807, 2.05) is 18.2 Å². The third-order valence-corrected chi connectivity index (χ3v) is 6.13. The molecular formula is C21H21BrN2O3. The largest absolute Gasteiger partial charge is 0.420 e. The molecule has 1 atom stereocenters. The van der Waals surface area contributed by atoms with Crippen LogP contribution in [0.4, 0.5) is 0 Å². The Bertz CT molecular complexity index is 1050. The van der Waals surface area contributed by atoms with Crippen molar-refractivity contribution in [2.24, 2.45) is 0 Å². The van der Waals surface area contributed by atoms with Crippen molar-refractivity contribution < 1.29 is 9.21 Å². The molecule has 1 unspecified atom stereocenters. The van der Waals surface area contributed by atoms with Gasteiger partial charge in [0.05, 0.1) is 5.52 Å². The number of oxazole rings is 1. The number of halogens is 1.